The minimum absolute atomic E-state index is 0.0758. The smallest absolute Gasteiger partial charge is 0.310 e. The van der Waals surface area contributed by atoms with E-state index in [1.54, 1.807) is 6.07 Å². The molecule has 2 N–H and O–H groups in total. The van der Waals surface area contributed by atoms with Gasteiger partial charge in [0.25, 0.3) is 0 Å². The van der Waals surface area contributed by atoms with Gasteiger partial charge >= 0.3 is 11.8 Å². The van der Waals surface area contributed by atoms with Crippen molar-refractivity contribution in [1.29, 1.82) is 5.26 Å². The number of rotatable bonds is 2. The van der Waals surface area contributed by atoms with Gasteiger partial charge in [-0.05, 0) is 32.7 Å². The minimum Gasteiger partial charge on any atom is -0.345 e. The standard InChI is InChI=1S/C13H20N4O2/c1-17-10-3-2-4-11(17)8-9(7-10)16-13(19)12(18)15-6-5-14/h9-11H,2-4,6-8H2,1H3,(H,15,18)(H,16,19). The Labute approximate surface area is 113 Å². The molecule has 0 aliphatic carbocycles. The van der Waals surface area contributed by atoms with E-state index >= 15 is 0 Å². The Bertz CT molecular complexity index is 390. The second-order valence-electron chi connectivity index (χ2n) is 5.39. The summed E-state index contributed by atoms with van der Waals surface area (Å²) in [5.74, 6) is -1.34. The second kappa shape index (κ2) is 6.02. The van der Waals surface area contributed by atoms with E-state index in [1.165, 1.54) is 19.3 Å². The molecule has 0 radical (unpaired) electrons. The molecule has 2 aliphatic rings. The number of nitriles is 1. The van der Waals surface area contributed by atoms with E-state index in [-0.39, 0.29) is 12.6 Å². The quantitative estimate of drug-likeness (QED) is 0.532. The van der Waals surface area contributed by atoms with E-state index in [2.05, 4.69) is 22.6 Å². The van der Waals surface area contributed by atoms with Crippen molar-refractivity contribution in [3.63, 3.8) is 0 Å². The Morgan fingerprint density at radius 2 is 1.89 bits per heavy atom. The Morgan fingerprint density at radius 1 is 1.26 bits per heavy atom. The molecule has 2 fully saturated rings. The van der Waals surface area contributed by atoms with E-state index in [9.17, 15) is 9.59 Å². The first kappa shape index (κ1) is 13.8. The normalized spacial score (nSPS) is 30.2. The fraction of sp³-hybridized carbons (Fsp3) is 0.769. The van der Waals surface area contributed by atoms with Crippen LogP contribution in [0.15, 0.2) is 0 Å². The lowest BCUT2D eigenvalue weighted by Crippen LogP contribution is -2.56. The van der Waals surface area contributed by atoms with E-state index in [1.807, 2.05) is 0 Å². The average molecular weight is 264 g/mol. The van der Waals surface area contributed by atoms with Crippen LogP contribution in [0.1, 0.15) is 32.1 Å². The number of carbonyl (C=O) groups excluding carboxylic acids is 2. The van der Waals surface area contributed by atoms with Crippen LogP contribution in [-0.4, -0.2) is 48.4 Å². The van der Waals surface area contributed by atoms with Crippen LogP contribution in [0.3, 0.4) is 0 Å². The summed E-state index contributed by atoms with van der Waals surface area (Å²) in [6, 6.07) is 2.88. The first-order chi connectivity index (χ1) is 9.11. The third-order valence-corrected chi connectivity index (χ3v) is 4.21. The molecule has 19 heavy (non-hydrogen) atoms. The number of amides is 2. The van der Waals surface area contributed by atoms with Gasteiger partial charge in [-0.15, -0.1) is 0 Å². The fourth-order valence-corrected chi connectivity index (χ4v) is 3.18. The topological polar surface area (TPSA) is 85.2 Å². The van der Waals surface area contributed by atoms with Gasteiger partial charge in [0.1, 0.15) is 6.54 Å². The summed E-state index contributed by atoms with van der Waals surface area (Å²) in [5, 5.41) is 13.4. The van der Waals surface area contributed by atoms with Crippen molar-refractivity contribution < 1.29 is 9.59 Å². The van der Waals surface area contributed by atoms with E-state index in [0.717, 1.165) is 12.8 Å². The Hall–Kier alpha value is -1.61. The number of nitrogens with one attached hydrogen (secondary N) is 2. The van der Waals surface area contributed by atoms with Crippen LogP contribution >= 0.6 is 0 Å². The highest BCUT2D eigenvalue weighted by Gasteiger charge is 2.36. The van der Waals surface area contributed by atoms with Gasteiger partial charge in [0.05, 0.1) is 6.07 Å². The second-order valence-corrected chi connectivity index (χ2v) is 5.39. The molecule has 2 unspecified atom stereocenters. The zero-order valence-electron chi connectivity index (χ0n) is 11.2. The summed E-state index contributed by atoms with van der Waals surface area (Å²) < 4.78 is 0. The molecule has 2 saturated heterocycles. The summed E-state index contributed by atoms with van der Waals surface area (Å²) in [4.78, 5) is 25.5. The van der Waals surface area contributed by atoms with Crippen molar-refractivity contribution in [1.82, 2.24) is 15.5 Å². The van der Waals surface area contributed by atoms with Crippen LogP contribution in [0.2, 0.25) is 0 Å². The van der Waals surface area contributed by atoms with E-state index < -0.39 is 11.8 Å². The van der Waals surface area contributed by atoms with Gasteiger partial charge in [-0.2, -0.15) is 5.26 Å². The van der Waals surface area contributed by atoms with E-state index in [0.29, 0.717) is 12.1 Å². The zero-order chi connectivity index (χ0) is 13.8. The van der Waals surface area contributed by atoms with Crippen LogP contribution < -0.4 is 10.6 Å². The van der Waals surface area contributed by atoms with E-state index in [4.69, 9.17) is 5.26 Å². The van der Waals surface area contributed by atoms with Gasteiger partial charge in [0.15, 0.2) is 0 Å². The molecule has 0 spiro atoms. The molecule has 0 saturated carbocycles. The Kier molecular flexibility index (Phi) is 4.38. The largest absolute Gasteiger partial charge is 0.345 e. The minimum atomic E-state index is -0.717. The number of hydrogen-bond donors (Lipinski definition) is 2. The Morgan fingerprint density at radius 3 is 2.47 bits per heavy atom. The van der Waals surface area contributed by atoms with Gasteiger partial charge in [0, 0.05) is 18.1 Å². The summed E-state index contributed by atoms with van der Waals surface area (Å²) in [6.07, 6.45) is 5.40. The predicted molar refractivity (Wildman–Crippen MR) is 69.0 cm³/mol. The molecule has 2 atom stereocenters. The number of piperidine rings is 2. The van der Waals surface area contributed by atoms with Crippen LogP contribution in [0.25, 0.3) is 0 Å². The van der Waals surface area contributed by atoms with Gasteiger partial charge in [0.2, 0.25) is 0 Å². The molecule has 2 rings (SSSR count). The maximum atomic E-state index is 11.7. The van der Waals surface area contributed by atoms with Gasteiger partial charge < -0.3 is 15.5 Å². The first-order valence-electron chi connectivity index (χ1n) is 6.79. The molecule has 2 heterocycles. The number of nitrogens with zero attached hydrogens (tertiary/aromatic N) is 2. The molecule has 2 aliphatic heterocycles. The number of fused-ring (bicyclic) bond motifs is 2. The lowest BCUT2D eigenvalue weighted by molar-refractivity contribution is -0.139. The molecule has 2 bridgehead atoms. The highest BCUT2D eigenvalue weighted by molar-refractivity contribution is 6.35. The zero-order valence-corrected chi connectivity index (χ0v) is 11.2. The molecular weight excluding hydrogens is 244 g/mol. The molecule has 0 aromatic carbocycles. The molecule has 0 aromatic heterocycles. The maximum Gasteiger partial charge on any atom is 0.310 e. The summed E-state index contributed by atoms with van der Waals surface area (Å²) in [6.45, 7) is -0.134. The third-order valence-electron chi connectivity index (χ3n) is 4.21. The first-order valence-corrected chi connectivity index (χ1v) is 6.79. The van der Waals surface area contributed by atoms with Crippen LogP contribution in [0.4, 0.5) is 0 Å². The van der Waals surface area contributed by atoms with Crippen LogP contribution in [0, 0.1) is 11.3 Å². The lowest BCUT2D eigenvalue weighted by Gasteiger charge is -2.47. The Balaban J connectivity index is 1.85. The highest BCUT2D eigenvalue weighted by Crippen LogP contribution is 2.32. The summed E-state index contributed by atoms with van der Waals surface area (Å²) in [7, 11) is 2.15. The highest BCUT2D eigenvalue weighted by atomic mass is 16.2. The van der Waals surface area contributed by atoms with Gasteiger partial charge in [-0.1, -0.05) is 6.42 Å². The summed E-state index contributed by atoms with van der Waals surface area (Å²) >= 11 is 0. The molecule has 6 heteroatoms. The SMILES string of the molecule is CN1C2CCCC1CC(NC(=O)C(=O)NCC#N)C2. The predicted octanol–water partition coefficient (Wildman–Crippen LogP) is -0.242. The van der Waals surface area contributed by atoms with Crippen molar-refractivity contribution in [2.75, 3.05) is 13.6 Å². The summed E-state index contributed by atoms with van der Waals surface area (Å²) in [5.41, 5.74) is 0. The van der Waals surface area contributed by atoms with Crippen molar-refractivity contribution in [3.05, 3.63) is 0 Å². The monoisotopic (exact) mass is 264 g/mol. The molecule has 6 nitrogen and oxygen atoms in total. The molecule has 2 amide bonds. The van der Waals surface area contributed by atoms with Crippen molar-refractivity contribution >= 4 is 11.8 Å². The lowest BCUT2D eigenvalue weighted by atomic mass is 9.82. The van der Waals surface area contributed by atoms with Crippen LogP contribution in [0.5, 0.6) is 0 Å². The number of carbonyl (C=O) groups is 2. The molecule has 0 aromatic rings. The molecular formula is C13H20N4O2. The fourth-order valence-electron chi connectivity index (χ4n) is 3.18. The van der Waals surface area contributed by atoms with Crippen LogP contribution in [-0.2, 0) is 9.59 Å². The van der Waals surface area contributed by atoms with Crippen molar-refractivity contribution in [3.8, 4) is 6.07 Å². The van der Waals surface area contributed by atoms with Gasteiger partial charge in [-0.25, -0.2) is 0 Å². The van der Waals surface area contributed by atoms with Gasteiger partial charge in [-0.3, -0.25) is 9.59 Å². The van der Waals surface area contributed by atoms with Crippen molar-refractivity contribution in [2.24, 2.45) is 0 Å². The maximum absolute atomic E-state index is 11.7. The number of hydrogen-bond acceptors (Lipinski definition) is 4. The third kappa shape index (κ3) is 3.24. The van der Waals surface area contributed by atoms with Crippen molar-refractivity contribution in [2.45, 2.75) is 50.2 Å². The molecule has 104 valence electrons. The average Bonchev–Trinajstić information content (AvgIpc) is 2.37.